The van der Waals surface area contributed by atoms with Gasteiger partial charge >= 0.3 is 7.60 Å². The maximum absolute atomic E-state index is 14.5. The topological polar surface area (TPSA) is 309 Å². The van der Waals surface area contributed by atoms with Crippen LogP contribution in [0.3, 0.4) is 0 Å². The summed E-state index contributed by atoms with van der Waals surface area (Å²) in [5.74, 6) is -3.80. The summed E-state index contributed by atoms with van der Waals surface area (Å²) in [5.41, 5.74) is 11.1. The van der Waals surface area contributed by atoms with Crippen molar-refractivity contribution in [3.63, 3.8) is 0 Å². The fourth-order valence-electron chi connectivity index (χ4n) is 11.7. The highest BCUT2D eigenvalue weighted by molar-refractivity contribution is 7.70. The molecule has 20 nitrogen and oxygen atoms in total. The fourth-order valence-corrected chi connectivity index (χ4v) is 13.0. The van der Waals surface area contributed by atoms with Crippen molar-refractivity contribution in [1.29, 1.82) is 0 Å². The third-order valence-corrected chi connectivity index (χ3v) is 18.2. The molecule has 0 spiro atoms. The van der Waals surface area contributed by atoms with Crippen molar-refractivity contribution >= 4 is 82.1 Å². The molecule has 0 radical (unpaired) electrons. The molecule has 3 aliphatic heterocycles. The number of aromatic nitrogens is 2. The Labute approximate surface area is 493 Å². The molecule has 5 aromatic rings. The number of likely N-dealkylation sites (tertiary alicyclic amines) is 1. The molecule has 450 valence electrons. The van der Waals surface area contributed by atoms with E-state index >= 15 is 0 Å². The van der Waals surface area contributed by atoms with Crippen molar-refractivity contribution in [2.24, 2.45) is 23.0 Å². The molecule has 0 saturated carbocycles. The number of benzene rings is 3. The number of thiazole rings is 1. The zero-order chi connectivity index (χ0) is 60.5. The molecule has 0 aliphatic carbocycles. The van der Waals surface area contributed by atoms with E-state index in [1.807, 2.05) is 75.7 Å². The third-order valence-electron chi connectivity index (χ3n) is 16.4. The summed E-state index contributed by atoms with van der Waals surface area (Å²) in [6, 6.07) is 16.7. The van der Waals surface area contributed by atoms with Gasteiger partial charge in [0, 0.05) is 86.5 Å². The third kappa shape index (κ3) is 16.0. The van der Waals surface area contributed by atoms with Gasteiger partial charge in [-0.25, -0.2) is 4.98 Å². The largest absolute Gasteiger partial charge is 0.396 e. The monoisotopic (exact) mass is 1190 g/mol. The van der Waals surface area contributed by atoms with Gasteiger partial charge in [0.05, 0.1) is 46.2 Å². The number of para-hydroxylation sites is 1. The van der Waals surface area contributed by atoms with Gasteiger partial charge in [-0.2, -0.15) is 0 Å². The summed E-state index contributed by atoms with van der Waals surface area (Å²) in [4.78, 5) is 138. The summed E-state index contributed by atoms with van der Waals surface area (Å²) in [6.45, 7) is 8.55. The van der Waals surface area contributed by atoms with Gasteiger partial charge in [-0.1, -0.05) is 95.3 Å². The van der Waals surface area contributed by atoms with Crippen LogP contribution < -0.4 is 21.3 Å². The number of anilines is 1. The number of carbonyl (C=O) groups excluding carboxylic acids is 8. The van der Waals surface area contributed by atoms with E-state index in [2.05, 4.69) is 20.6 Å². The molecule has 0 bridgehead atoms. The highest BCUT2D eigenvalue weighted by Crippen LogP contribution is 2.42. The Balaban J connectivity index is 0.748. The Bertz CT molecular complexity index is 3290. The molecular weight excluding hydrogens is 1110 g/mol. The number of H-pyrrole nitrogens is 1. The number of unbranched alkanes of at least 4 members (excludes halogenated alkanes) is 6. The van der Waals surface area contributed by atoms with Gasteiger partial charge in [0.2, 0.25) is 29.5 Å². The summed E-state index contributed by atoms with van der Waals surface area (Å²) in [5, 5.41) is 17.0. The molecule has 84 heavy (non-hydrogen) atoms. The number of β-amino-alcohol motifs (C(OH)–C–C–N with tert-alkyl or cyclic N) is 1. The number of carbonyl (C=O) groups is 8. The number of ether oxygens (including phenoxy) is 1. The average Bonchev–Trinajstić information content (AvgIpc) is 3.96. The number of aromatic amines is 1. The number of fused-ring (bicyclic) bond motifs is 1. The van der Waals surface area contributed by atoms with Crippen molar-refractivity contribution in [1.82, 2.24) is 25.5 Å². The van der Waals surface area contributed by atoms with E-state index in [0.717, 1.165) is 71.3 Å². The van der Waals surface area contributed by atoms with Crippen molar-refractivity contribution in [2.45, 2.75) is 161 Å². The lowest BCUT2D eigenvalue weighted by atomic mass is 9.76. The predicted molar refractivity (Wildman–Crippen MR) is 318 cm³/mol. The molecule has 5 amide bonds. The zero-order valence-corrected chi connectivity index (χ0v) is 49.9. The molecule has 3 aliphatic rings. The van der Waals surface area contributed by atoms with E-state index in [1.165, 1.54) is 34.1 Å². The molecule has 8 rings (SSSR count). The lowest BCUT2D eigenvalue weighted by Gasteiger charge is -2.34. The molecule has 1 saturated heterocycles. The minimum absolute atomic E-state index is 0.00297. The van der Waals surface area contributed by atoms with Crippen molar-refractivity contribution in [3.05, 3.63) is 106 Å². The summed E-state index contributed by atoms with van der Waals surface area (Å²) in [7, 11) is -5.03. The maximum atomic E-state index is 14.5. The van der Waals surface area contributed by atoms with Crippen LogP contribution in [0.2, 0.25) is 0 Å². The van der Waals surface area contributed by atoms with Gasteiger partial charge in [-0.05, 0) is 91.0 Å². The van der Waals surface area contributed by atoms with E-state index in [4.69, 9.17) is 10.5 Å². The highest BCUT2D eigenvalue weighted by Gasteiger charge is 2.46. The molecule has 8 N–H and O–H groups in total. The molecule has 1 fully saturated rings. The average molecular weight is 1190 g/mol. The van der Waals surface area contributed by atoms with Crippen LogP contribution in [0.4, 0.5) is 5.69 Å². The van der Waals surface area contributed by atoms with Gasteiger partial charge < -0.3 is 45.9 Å². The summed E-state index contributed by atoms with van der Waals surface area (Å²) >= 11 is 1.57. The smallest absolute Gasteiger partial charge is 0.391 e. The van der Waals surface area contributed by atoms with Crippen LogP contribution in [0.5, 0.6) is 0 Å². The van der Waals surface area contributed by atoms with Gasteiger partial charge in [0.1, 0.15) is 17.9 Å². The lowest BCUT2D eigenvalue weighted by molar-refractivity contribution is -0.146. The Morgan fingerprint density at radius 1 is 0.905 bits per heavy atom. The normalized spacial score (nSPS) is 18.5. The molecule has 6 atom stereocenters. The maximum Gasteiger partial charge on any atom is 0.396 e. The zero-order valence-electron chi connectivity index (χ0n) is 48.2. The quantitative estimate of drug-likeness (QED) is 0.0137. The Hall–Kier alpha value is -6.74. The van der Waals surface area contributed by atoms with E-state index in [9.17, 15) is 57.8 Å². The number of aryl methyl sites for hydroxylation is 2. The number of ketones is 2. The van der Waals surface area contributed by atoms with Gasteiger partial charge in [0.25, 0.3) is 5.52 Å². The van der Waals surface area contributed by atoms with Crippen LogP contribution in [0.1, 0.15) is 154 Å². The second-order valence-corrected chi connectivity index (χ2v) is 26.1. The van der Waals surface area contributed by atoms with Crippen molar-refractivity contribution in [2.75, 3.05) is 24.7 Å². The number of amides is 5. The van der Waals surface area contributed by atoms with Crippen LogP contribution in [0, 0.1) is 24.2 Å². The molecule has 0 unspecified atom stereocenters. The molecule has 3 aromatic carbocycles. The number of nitrogens with two attached hydrogens (primary N) is 1. The van der Waals surface area contributed by atoms with Crippen LogP contribution in [-0.4, -0.2) is 120 Å². The fraction of sp³-hybridized carbons (Fsp3) is 0.500. The van der Waals surface area contributed by atoms with Crippen LogP contribution in [0.25, 0.3) is 21.3 Å². The Morgan fingerprint density at radius 2 is 1.62 bits per heavy atom. The second kappa shape index (κ2) is 28.0. The SMILES string of the molecule is Cc1ncsc1-c1ccc(CNC(=O)[C@@H]2C[C@@H](O)CN2C(=O)[C@@H](CC(=O)CCCCCCCCCOC[C@H](CCC(N)=O)NC(=O)[C@@H]2Cc3cccc4c3N2C(=O)[C@@H](CC(=O)c2cc3cc(C(=O)P(=O)(O)O)ccc3[nH]2)CC4)C(C)(C)C)cc1. The first-order valence-corrected chi connectivity index (χ1v) is 31.6. The van der Waals surface area contributed by atoms with Gasteiger partial charge in [-0.3, -0.25) is 47.8 Å². The molecule has 5 heterocycles. The molecular formula is C62H78N7O13PS. The molecule has 2 aromatic heterocycles. The first kappa shape index (κ1) is 63.3. The first-order chi connectivity index (χ1) is 40.0. The standard InChI is InChI=1S/C62H78N7O13PS/c1-37-56(84-36-65-37)40-18-16-38(17-19-40)33-64-57(74)51-32-47(71)34-68(51)60(77)48(62(2,3)4)31-46(70)15-10-8-6-5-7-9-11-26-82-35-45(23-25-54(63)73)66-58(75)52-29-41-14-12-13-39-20-21-42(59(76)69(52)55(39)41)30-53(72)50-28-44-27-43(22-24-49(44)67-50)61(78)83(79,80)81/h12-14,16-19,22,24,27-28,36,42,45,47-48,51-52,67,71H,5-11,15,20-21,23,25-26,29-35H2,1-4H3,(H2,63,73)(H,64,74)(H,66,75)(H2,79,80,81)/t42-,45+,47-,48-,51+,52+/m1/s1. The number of hydrogen-bond donors (Lipinski definition) is 7. The van der Waals surface area contributed by atoms with Crippen LogP contribution in [0.15, 0.2) is 72.2 Å². The van der Waals surface area contributed by atoms with Crippen LogP contribution >= 0.6 is 18.9 Å². The van der Waals surface area contributed by atoms with Crippen LogP contribution in [-0.2, 0) is 57.5 Å². The van der Waals surface area contributed by atoms with E-state index in [-0.39, 0.29) is 98.8 Å². The van der Waals surface area contributed by atoms with E-state index in [1.54, 1.807) is 11.3 Å². The number of aliphatic hydroxyl groups excluding tert-OH is 1. The number of nitrogens with zero attached hydrogens (tertiary/aromatic N) is 3. The number of nitrogens with one attached hydrogen (secondary N) is 3. The van der Waals surface area contributed by atoms with Gasteiger partial charge in [0.15, 0.2) is 5.78 Å². The predicted octanol–water partition coefficient (Wildman–Crippen LogP) is 7.80. The van der Waals surface area contributed by atoms with Crippen molar-refractivity contribution < 1.29 is 62.6 Å². The second-order valence-electron chi connectivity index (χ2n) is 23.8. The van der Waals surface area contributed by atoms with Gasteiger partial charge in [-0.15, -0.1) is 11.3 Å². The van der Waals surface area contributed by atoms with Crippen molar-refractivity contribution in [3.8, 4) is 10.4 Å². The minimum atomic E-state index is -5.03. The number of primary amides is 1. The van der Waals surface area contributed by atoms with E-state index in [0.29, 0.717) is 48.9 Å². The minimum Gasteiger partial charge on any atom is -0.391 e. The summed E-state index contributed by atoms with van der Waals surface area (Å²) in [6.07, 6.45) is 6.83. The first-order valence-electron chi connectivity index (χ1n) is 29.1. The summed E-state index contributed by atoms with van der Waals surface area (Å²) < 4.78 is 17.6. The number of hydrogen-bond acceptors (Lipinski definition) is 13. The Morgan fingerprint density at radius 3 is 2.31 bits per heavy atom. The lowest BCUT2D eigenvalue weighted by Crippen LogP contribution is -2.52. The Kier molecular flexibility index (Phi) is 21.1. The number of rotatable bonds is 29. The molecule has 22 heteroatoms. The number of Topliss-reactive ketones (excluding diaryl/α,β-unsaturated/α-hetero) is 2. The highest BCUT2D eigenvalue weighted by atomic mass is 32.1. The van der Waals surface area contributed by atoms with E-state index < -0.39 is 66.4 Å². The number of aliphatic hydroxyl groups is 1.